The maximum atomic E-state index is 4.99. The molecule has 0 radical (unpaired) electrons. The molecule has 0 saturated heterocycles. The zero-order chi connectivity index (χ0) is 6.81. The molecule has 0 N–H and O–H groups in total. The van der Waals surface area contributed by atoms with E-state index in [0.717, 1.165) is 0 Å². The Labute approximate surface area is 57.6 Å². The van der Waals surface area contributed by atoms with Gasteiger partial charge < -0.3 is 18.9 Å². The Kier molecular flexibility index (Phi) is 1.16. The maximum Gasteiger partial charge on any atom is 0.301 e. The van der Waals surface area contributed by atoms with Crippen molar-refractivity contribution in [3.8, 4) is 0 Å². The maximum absolute atomic E-state index is 4.99. The van der Waals surface area contributed by atoms with Crippen molar-refractivity contribution >= 4 is 0 Å². The monoisotopic (exact) mass is 142 g/mol. The lowest BCUT2D eigenvalue weighted by Gasteiger charge is -2.08. The van der Waals surface area contributed by atoms with Gasteiger partial charge in [-0.3, -0.25) is 0 Å². The van der Waals surface area contributed by atoms with E-state index in [1.54, 1.807) is 0 Å². The molecule has 2 aliphatic rings. The fourth-order valence-corrected chi connectivity index (χ4v) is 0.749. The minimum absolute atomic E-state index is 0.249. The first kappa shape index (κ1) is 5.46. The number of ether oxygens (including phenoxy) is 4. The van der Waals surface area contributed by atoms with Gasteiger partial charge in [-0.25, -0.2) is 0 Å². The van der Waals surface area contributed by atoms with Crippen LogP contribution in [0.25, 0.3) is 0 Å². The van der Waals surface area contributed by atoms with Crippen LogP contribution in [0.1, 0.15) is 0 Å². The van der Waals surface area contributed by atoms with Crippen molar-refractivity contribution in [3.63, 3.8) is 0 Å². The van der Waals surface area contributed by atoms with E-state index in [4.69, 9.17) is 18.9 Å². The van der Waals surface area contributed by atoms with Crippen molar-refractivity contribution in [2.45, 2.75) is 6.29 Å². The Morgan fingerprint density at radius 3 is 2.70 bits per heavy atom. The number of rotatable bonds is 1. The molecular weight excluding hydrogens is 136 g/mol. The van der Waals surface area contributed by atoms with E-state index in [9.17, 15) is 0 Å². The Bertz CT molecular complexity index is 176. The molecule has 0 amide bonds. The summed E-state index contributed by atoms with van der Waals surface area (Å²) >= 11 is 0. The second-order valence-electron chi connectivity index (χ2n) is 1.83. The molecule has 0 unspecified atom stereocenters. The fraction of sp³-hybridized carbons (Fsp3) is 0.333. The van der Waals surface area contributed by atoms with Crippen LogP contribution in [0.3, 0.4) is 0 Å². The zero-order valence-electron chi connectivity index (χ0n) is 5.15. The van der Waals surface area contributed by atoms with Gasteiger partial charge in [0.15, 0.2) is 0 Å². The van der Waals surface area contributed by atoms with Gasteiger partial charge in [-0.2, -0.15) is 0 Å². The van der Waals surface area contributed by atoms with Crippen LogP contribution in [0.2, 0.25) is 0 Å². The van der Waals surface area contributed by atoms with Gasteiger partial charge in [0.25, 0.3) is 0 Å². The third-order valence-electron chi connectivity index (χ3n) is 1.19. The lowest BCUT2D eigenvalue weighted by Crippen LogP contribution is -2.11. The minimum atomic E-state index is -0.442. The average Bonchev–Trinajstić information content (AvgIpc) is 2.59. The predicted octanol–water partition coefficient (Wildman–Crippen LogP) is 0.676. The highest BCUT2D eigenvalue weighted by atomic mass is 16.7. The summed E-state index contributed by atoms with van der Waals surface area (Å²) in [5.74, 6) is 0.574. The van der Waals surface area contributed by atoms with Gasteiger partial charge in [-0.1, -0.05) is 0 Å². The molecule has 0 spiro atoms. The largest absolute Gasteiger partial charge is 0.461 e. The summed E-state index contributed by atoms with van der Waals surface area (Å²) in [5, 5.41) is 0. The van der Waals surface area contributed by atoms with E-state index < -0.39 is 6.29 Å². The molecule has 2 aliphatic heterocycles. The van der Waals surface area contributed by atoms with E-state index in [-0.39, 0.29) is 6.79 Å². The molecule has 0 atom stereocenters. The summed E-state index contributed by atoms with van der Waals surface area (Å²) in [7, 11) is 0. The van der Waals surface area contributed by atoms with Gasteiger partial charge in [-0.15, -0.1) is 0 Å². The van der Waals surface area contributed by atoms with E-state index in [2.05, 4.69) is 0 Å². The average molecular weight is 142 g/mol. The molecule has 10 heavy (non-hydrogen) atoms. The lowest BCUT2D eigenvalue weighted by molar-refractivity contribution is -0.0405. The van der Waals surface area contributed by atoms with Crippen LogP contribution >= 0.6 is 0 Å². The first-order valence-electron chi connectivity index (χ1n) is 2.87. The second kappa shape index (κ2) is 2.13. The molecule has 0 bridgehead atoms. The highest BCUT2D eigenvalue weighted by Crippen LogP contribution is 2.19. The third-order valence-corrected chi connectivity index (χ3v) is 1.19. The summed E-state index contributed by atoms with van der Waals surface area (Å²) in [5.41, 5.74) is 0. The van der Waals surface area contributed by atoms with Crippen molar-refractivity contribution in [1.82, 2.24) is 0 Å². The highest BCUT2D eigenvalue weighted by molar-refractivity contribution is 4.98. The van der Waals surface area contributed by atoms with E-state index in [1.165, 1.54) is 18.8 Å². The quantitative estimate of drug-likeness (QED) is 0.539. The first-order valence-corrected chi connectivity index (χ1v) is 2.87. The second-order valence-corrected chi connectivity index (χ2v) is 1.83. The summed E-state index contributed by atoms with van der Waals surface area (Å²) < 4.78 is 19.7. The Morgan fingerprint density at radius 2 is 2.10 bits per heavy atom. The molecule has 0 aromatic rings. The standard InChI is InChI=1S/C6H6O4/c1-2-9-6(8-1)5-3-7-4-10-5/h1-3,6H,4H2. The highest BCUT2D eigenvalue weighted by Gasteiger charge is 2.23. The molecule has 54 valence electrons. The van der Waals surface area contributed by atoms with Crippen LogP contribution < -0.4 is 0 Å². The molecule has 0 aromatic carbocycles. The summed E-state index contributed by atoms with van der Waals surface area (Å²) in [6, 6.07) is 0. The summed E-state index contributed by atoms with van der Waals surface area (Å²) in [6.45, 7) is 0.249. The van der Waals surface area contributed by atoms with E-state index in [0.29, 0.717) is 5.76 Å². The van der Waals surface area contributed by atoms with Gasteiger partial charge in [0.05, 0.1) is 0 Å². The van der Waals surface area contributed by atoms with Crippen molar-refractivity contribution in [3.05, 3.63) is 24.5 Å². The molecule has 4 nitrogen and oxygen atoms in total. The van der Waals surface area contributed by atoms with Gasteiger partial charge in [0.2, 0.25) is 12.6 Å². The van der Waals surface area contributed by atoms with Gasteiger partial charge in [0.1, 0.15) is 18.8 Å². The zero-order valence-corrected chi connectivity index (χ0v) is 5.15. The number of hydrogen-bond acceptors (Lipinski definition) is 4. The normalized spacial score (nSPS) is 22.6. The molecule has 0 aromatic heterocycles. The number of hydrogen-bond donors (Lipinski definition) is 0. The molecular formula is C6H6O4. The summed E-state index contributed by atoms with van der Waals surface area (Å²) in [6.07, 6.45) is 3.97. The van der Waals surface area contributed by atoms with E-state index >= 15 is 0 Å². The van der Waals surface area contributed by atoms with E-state index in [1.807, 2.05) is 0 Å². The smallest absolute Gasteiger partial charge is 0.301 e. The molecule has 2 rings (SSSR count). The van der Waals surface area contributed by atoms with Crippen LogP contribution in [0.4, 0.5) is 0 Å². The summed E-state index contributed by atoms with van der Waals surface area (Å²) in [4.78, 5) is 0. The fourth-order valence-electron chi connectivity index (χ4n) is 0.749. The van der Waals surface area contributed by atoms with Gasteiger partial charge in [0, 0.05) is 0 Å². The molecule has 4 heteroatoms. The predicted molar refractivity (Wildman–Crippen MR) is 30.2 cm³/mol. The van der Waals surface area contributed by atoms with Crippen molar-refractivity contribution in [2.75, 3.05) is 6.79 Å². The van der Waals surface area contributed by atoms with Crippen LogP contribution in [0.5, 0.6) is 0 Å². The Hall–Kier alpha value is -1.32. The van der Waals surface area contributed by atoms with Gasteiger partial charge >= 0.3 is 6.29 Å². The van der Waals surface area contributed by atoms with Crippen LogP contribution in [0.15, 0.2) is 24.5 Å². The van der Waals surface area contributed by atoms with Crippen LogP contribution in [0, 0.1) is 0 Å². The van der Waals surface area contributed by atoms with Crippen molar-refractivity contribution in [2.24, 2.45) is 0 Å². The Balaban J connectivity index is 1.99. The Morgan fingerprint density at radius 1 is 1.30 bits per heavy atom. The first-order chi connectivity index (χ1) is 4.97. The van der Waals surface area contributed by atoms with Crippen LogP contribution in [-0.2, 0) is 18.9 Å². The van der Waals surface area contributed by atoms with Gasteiger partial charge in [-0.05, 0) is 0 Å². The van der Waals surface area contributed by atoms with Crippen molar-refractivity contribution in [1.29, 1.82) is 0 Å². The molecule has 0 saturated carbocycles. The topological polar surface area (TPSA) is 36.9 Å². The molecule has 0 aliphatic carbocycles. The van der Waals surface area contributed by atoms with Crippen molar-refractivity contribution < 1.29 is 18.9 Å². The minimum Gasteiger partial charge on any atom is -0.461 e. The third kappa shape index (κ3) is 0.775. The molecule has 0 fully saturated rings. The molecule has 2 heterocycles. The SMILES string of the molecule is C1=COC(C2=COCO2)O1. The van der Waals surface area contributed by atoms with Crippen LogP contribution in [-0.4, -0.2) is 13.1 Å². The lowest BCUT2D eigenvalue weighted by atomic mass is 10.5.